The zero-order valence-electron chi connectivity index (χ0n) is 18.5. The van der Waals surface area contributed by atoms with Crippen LogP contribution in [0.2, 0.25) is 5.02 Å². The maximum absolute atomic E-state index is 13.5. The number of carbonyl (C=O) groups excluding carboxylic acids is 3. The monoisotopic (exact) mass is 473 g/mol. The molecule has 2 heterocycles. The van der Waals surface area contributed by atoms with Crippen molar-refractivity contribution < 1.29 is 14.4 Å². The molecule has 6 nitrogen and oxygen atoms in total. The molecule has 1 atom stereocenters. The topological polar surface area (TPSA) is 69.7 Å². The highest BCUT2D eigenvalue weighted by Crippen LogP contribution is 2.33. The number of anilines is 1. The molecular formula is C27H24ClN3O3. The van der Waals surface area contributed by atoms with Gasteiger partial charge in [-0.05, 0) is 54.3 Å². The fourth-order valence-corrected chi connectivity index (χ4v) is 4.89. The van der Waals surface area contributed by atoms with Crippen LogP contribution in [0.15, 0.2) is 72.8 Å². The zero-order chi connectivity index (χ0) is 23.7. The molecule has 0 radical (unpaired) electrons. The molecule has 172 valence electrons. The Labute approximate surface area is 203 Å². The Morgan fingerprint density at radius 2 is 1.79 bits per heavy atom. The SMILES string of the molecule is O=C(NCc1ccccc1Cl)c1cccc(CN2C(=O)C3CCCN3C(=O)c3ccccc32)c1. The summed E-state index contributed by atoms with van der Waals surface area (Å²) in [7, 11) is 0. The van der Waals surface area contributed by atoms with Gasteiger partial charge in [0.1, 0.15) is 6.04 Å². The molecule has 2 aliphatic heterocycles. The van der Waals surface area contributed by atoms with Crippen LogP contribution in [0.1, 0.15) is 44.7 Å². The number of amides is 3. The van der Waals surface area contributed by atoms with Crippen LogP contribution in [0.25, 0.3) is 0 Å². The number of fused-ring (bicyclic) bond motifs is 2. The van der Waals surface area contributed by atoms with E-state index in [4.69, 9.17) is 11.6 Å². The smallest absolute Gasteiger partial charge is 0.256 e. The molecular weight excluding hydrogens is 450 g/mol. The van der Waals surface area contributed by atoms with E-state index in [0.29, 0.717) is 41.3 Å². The molecule has 0 aromatic heterocycles. The summed E-state index contributed by atoms with van der Waals surface area (Å²) >= 11 is 6.19. The van der Waals surface area contributed by atoms with Crippen LogP contribution >= 0.6 is 11.6 Å². The first-order valence-electron chi connectivity index (χ1n) is 11.3. The lowest BCUT2D eigenvalue weighted by Crippen LogP contribution is -2.44. The van der Waals surface area contributed by atoms with Gasteiger partial charge in [0, 0.05) is 23.7 Å². The molecule has 0 aliphatic carbocycles. The van der Waals surface area contributed by atoms with Gasteiger partial charge in [0.15, 0.2) is 0 Å². The molecule has 3 amide bonds. The van der Waals surface area contributed by atoms with Gasteiger partial charge >= 0.3 is 0 Å². The van der Waals surface area contributed by atoms with Crippen molar-refractivity contribution in [1.82, 2.24) is 10.2 Å². The molecule has 7 heteroatoms. The number of halogens is 1. The average Bonchev–Trinajstić information content (AvgIpc) is 3.33. The van der Waals surface area contributed by atoms with Gasteiger partial charge in [0.2, 0.25) is 5.91 Å². The molecule has 5 rings (SSSR count). The van der Waals surface area contributed by atoms with Crippen molar-refractivity contribution in [2.75, 3.05) is 11.4 Å². The van der Waals surface area contributed by atoms with Gasteiger partial charge in [-0.25, -0.2) is 0 Å². The Hall–Kier alpha value is -3.64. The summed E-state index contributed by atoms with van der Waals surface area (Å²) in [6, 6.07) is 21.4. The molecule has 1 fully saturated rings. The number of hydrogen-bond donors (Lipinski definition) is 1. The second-order valence-electron chi connectivity index (χ2n) is 8.57. The predicted octanol–water partition coefficient (Wildman–Crippen LogP) is 4.42. The minimum Gasteiger partial charge on any atom is -0.348 e. The molecule has 0 spiro atoms. The minimum atomic E-state index is -0.443. The zero-order valence-corrected chi connectivity index (χ0v) is 19.3. The maximum Gasteiger partial charge on any atom is 0.256 e. The quantitative estimate of drug-likeness (QED) is 0.596. The Morgan fingerprint density at radius 3 is 2.65 bits per heavy atom. The van der Waals surface area contributed by atoms with Crippen molar-refractivity contribution >= 4 is 35.0 Å². The molecule has 34 heavy (non-hydrogen) atoms. The maximum atomic E-state index is 13.5. The second kappa shape index (κ2) is 9.31. The van der Waals surface area contributed by atoms with E-state index in [-0.39, 0.29) is 24.3 Å². The second-order valence-corrected chi connectivity index (χ2v) is 8.98. The summed E-state index contributed by atoms with van der Waals surface area (Å²) in [6.45, 7) is 1.19. The molecule has 0 bridgehead atoms. The van der Waals surface area contributed by atoms with E-state index in [1.54, 1.807) is 40.1 Å². The van der Waals surface area contributed by atoms with Crippen LogP contribution in [0.3, 0.4) is 0 Å². The van der Waals surface area contributed by atoms with Crippen LogP contribution in [0.4, 0.5) is 5.69 Å². The van der Waals surface area contributed by atoms with E-state index in [1.165, 1.54) is 0 Å². The lowest BCUT2D eigenvalue weighted by atomic mass is 10.1. The third kappa shape index (κ3) is 4.17. The van der Waals surface area contributed by atoms with Crippen LogP contribution in [-0.2, 0) is 17.9 Å². The molecule has 2 aliphatic rings. The number of para-hydroxylation sites is 1. The van der Waals surface area contributed by atoms with E-state index in [0.717, 1.165) is 17.5 Å². The van der Waals surface area contributed by atoms with Crippen molar-refractivity contribution in [1.29, 1.82) is 0 Å². The van der Waals surface area contributed by atoms with Crippen LogP contribution < -0.4 is 10.2 Å². The Bertz CT molecular complexity index is 1280. The van der Waals surface area contributed by atoms with Crippen LogP contribution in [0.5, 0.6) is 0 Å². The van der Waals surface area contributed by atoms with Crippen molar-refractivity contribution in [2.45, 2.75) is 32.0 Å². The summed E-state index contributed by atoms with van der Waals surface area (Å²) in [6.07, 6.45) is 1.48. The van der Waals surface area contributed by atoms with E-state index >= 15 is 0 Å². The van der Waals surface area contributed by atoms with E-state index < -0.39 is 6.04 Å². The van der Waals surface area contributed by atoms with Crippen molar-refractivity contribution in [3.05, 3.63) is 100 Å². The standard InChI is InChI=1S/C27H24ClN3O3/c28-22-11-3-1-8-20(22)16-29-25(32)19-9-5-7-18(15-19)17-31-23-12-4-2-10-21(23)26(33)30-14-6-13-24(30)27(31)34/h1-5,7-12,15,24H,6,13-14,16-17H2,(H,29,32). The molecule has 1 unspecified atom stereocenters. The molecule has 3 aromatic carbocycles. The normalized spacial score (nSPS) is 17.3. The number of carbonyl (C=O) groups is 3. The summed E-state index contributed by atoms with van der Waals surface area (Å²) in [5.74, 6) is -0.396. The van der Waals surface area contributed by atoms with Gasteiger partial charge in [0.05, 0.1) is 17.8 Å². The lowest BCUT2D eigenvalue weighted by molar-refractivity contribution is -0.122. The number of nitrogens with zero attached hydrogens (tertiary/aromatic N) is 2. The predicted molar refractivity (Wildman–Crippen MR) is 131 cm³/mol. The Balaban J connectivity index is 1.39. The summed E-state index contributed by atoms with van der Waals surface area (Å²) in [5, 5.41) is 3.50. The summed E-state index contributed by atoms with van der Waals surface area (Å²) < 4.78 is 0. The lowest BCUT2D eigenvalue weighted by Gasteiger charge is -2.26. The largest absolute Gasteiger partial charge is 0.348 e. The molecule has 1 N–H and O–H groups in total. The highest BCUT2D eigenvalue weighted by atomic mass is 35.5. The Kier molecular flexibility index (Phi) is 6.07. The number of nitrogens with one attached hydrogen (secondary N) is 1. The van der Waals surface area contributed by atoms with E-state index in [9.17, 15) is 14.4 Å². The first-order chi connectivity index (χ1) is 16.5. The third-order valence-corrected chi connectivity index (χ3v) is 6.79. The molecule has 3 aromatic rings. The van der Waals surface area contributed by atoms with E-state index in [2.05, 4.69) is 5.32 Å². The fourth-order valence-electron chi connectivity index (χ4n) is 4.69. The first kappa shape index (κ1) is 22.2. The highest BCUT2D eigenvalue weighted by molar-refractivity contribution is 6.31. The van der Waals surface area contributed by atoms with Gasteiger partial charge in [-0.15, -0.1) is 0 Å². The van der Waals surface area contributed by atoms with Crippen LogP contribution in [0, 0.1) is 0 Å². The van der Waals surface area contributed by atoms with E-state index in [1.807, 2.05) is 42.5 Å². The number of hydrogen-bond acceptors (Lipinski definition) is 3. The van der Waals surface area contributed by atoms with Crippen molar-refractivity contribution in [2.24, 2.45) is 0 Å². The van der Waals surface area contributed by atoms with Gasteiger partial charge in [-0.1, -0.05) is 54.1 Å². The minimum absolute atomic E-state index is 0.0793. The molecule has 0 saturated carbocycles. The van der Waals surface area contributed by atoms with Gasteiger partial charge in [-0.2, -0.15) is 0 Å². The third-order valence-electron chi connectivity index (χ3n) is 6.42. The van der Waals surface area contributed by atoms with Crippen LogP contribution in [-0.4, -0.2) is 35.2 Å². The summed E-state index contributed by atoms with van der Waals surface area (Å²) in [5.41, 5.74) is 3.30. The Morgan fingerprint density at radius 1 is 1.00 bits per heavy atom. The van der Waals surface area contributed by atoms with Gasteiger partial charge in [0.25, 0.3) is 11.8 Å². The average molecular weight is 474 g/mol. The van der Waals surface area contributed by atoms with Crippen molar-refractivity contribution in [3.63, 3.8) is 0 Å². The molecule has 1 saturated heterocycles. The fraction of sp³-hybridized carbons (Fsp3) is 0.222. The van der Waals surface area contributed by atoms with Gasteiger partial charge < -0.3 is 15.1 Å². The van der Waals surface area contributed by atoms with Gasteiger partial charge in [-0.3, -0.25) is 14.4 Å². The highest BCUT2D eigenvalue weighted by Gasteiger charge is 2.41. The van der Waals surface area contributed by atoms with Crippen molar-refractivity contribution in [3.8, 4) is 0 Å². The number of rotatable bonds is 5. The number of benzene rings is 3. The summed E-state index contributed by atoms with van der Waals surface area (Å²) in [4.78, 5) is 42.8. The first-order valence-corrected chi connectivity index (χ1v) is 11.7.